The van der Waals surface area contributed by atoms with Crippen molar-refractivity contribution in [1.82, 2.24) is 9.47 Å². The van der Waals surface area contributed by atoms with Crippen LogP contribution in [0.25, 0.3) is 6.08 Å². The lowest BCUT2D eigenvalue weighted by Gasteiger charge is -2.38. The predicted octanol–water partition coefficient (Wildman–Crippen LogP) is 3.25. The van der Waals surface area contributed by atoms with Crippen molar-refractivity contribution in [3.05, 3.63) is 62.0 Å². The van der Waals surface area contributed by atoms with Crippen molar-refractivity contribution >= 4 is 51.8 Å². The number of aromatic nitrogens is 1. The maximum absolute atomic E-state index is 14.3. The average Bonchev–Trinajstić information content (AvgIpc) is 3.10. The number of para-hydroxylation sites is 1. The van der Waals surface area contributed by atoms with Gasteiger partial charge in [-0.1, -0.05) is 36.1 Å². The van der Waals surface area contributed by atoms with Crippen molar-refractivity contribution in [2.45, 2.75) is 13.8 Å². The van der Waals surface area contributed by atoms with E-state index in [4.69, 9.17) is 12.2 Å². The van der Waals surface area contributed by atoms with Gasteiger partial charge < -0.3 is 9.80 Å². The van der Waals surface area contributed by atoms with E-state index >= 15 is 0 Å². The fourth-order valence-electron chi connectivity index (χ4n) is 4.37. The molecule has 176 valence electrons. The van der Waals surface area contributed by atoms with Gasteiger partial charge in [0.25, 0.3) is 11.5 Å². The van der Waals surface area contributed by atoms with Gasteiger partial charge in [0, 0.05) is 45.3 Å². The standard InChI is InChI=1S/C24H24FN5O2S2/c1-4-30-23(32)20(34-24(30)33)13-16-15(2)17(14-26)22(31)27(3)21(16)29-11-9-28(10-12-29)19-8-6-5-7-18(19)25/h5-8,13H,4,9-12H2,1-3H3/b20-13-. The van der Waals surface area contributed by atoms with E-state index in [0.29, 0.717) is 64.6 Å². The summed E-state index contributed by atoms with van der Waals surface area (Å²) < 4.78 is 16.2. The van der Waals surface area contributed by atoms with Gasteiger partial charge in [-0.05, 0) is 37.6 Å². The van der Waals surface area contributed by atoms with Crippen LogP contribution < -0.4 is 15.4 Å². The SMILES string of the molecule is CCN1C(=O)/C(=C/c2c(C)c(C#N)c(=O)n(C)c2N2CCN(c3ccccc3F)CC2)SC1=S. The van der Waals surface area contributed by atoms with Crippen molar-refractivity contribution in [2.75, 3.05) is 42.5 Å². The number of rotatable bonds is 4. The first kappa shape index (κ1) is 24.0. The Balaban J connectivity index is 1.75. The molecule has 2 aliphatic rings. The van der Waals surface area contributed by atoms with E-state index in [1.165, 1.54) is 27.3 Å². The van der Waals surface area contributed by atoms with E-state index in [1.54, 1.807) is 32.2 Å². The Morgan fingerprint density at radius 1 is 1.18 bits per heavy atom. The van der Waals surface area contributed by atoms with Crippen LogP contribution in [0.3, 0.4) is 0 Å². The molecule has 34 heavy (non-hydrogen) atoms. The van der Waals surface area contributed by atoms with Crippen LogP contribution in [0.2, 0.25) is 0 Å². The highest BCUT2D eigenvalue weighted by atomic mass is 32.2. The molecule has 4 rings (SSSR count). The lowest BCUT2D eigenvalue weighted by atomic mass is 10.0. The molecule has 1 aromatic heterocycles. The van der Waals surface area contributed by atoms with Crippen LogP contribution in [0.15, 0.2) is 34.0 Å². The number of benzene rings is 1. The summed E-state index contributed by atoms with van der Waals surface area (Å²) in [6.07, 6.45) is 1.74. The highest BCUT2D eigenvalue weighted by molar-refractivity contribution is 8.26. The molecule has 0 atom stereocenters. The summed E-state index contributed by atoms with van der Waals surface area (Å²) >= 11 is 6.56. The highest BCUT2D eigenvalue weighted by Gasteiger charge is 2.32. The fraction of sp³-hybridized carbons (Fsp3) is 0.333. The van der Waals surface area contributed by atoms with Gasteiger partial charge >= 0.3 is 0 Å². The molecule has 3 heterocycles. The number of nitriles is 1. The molecule has 0 saturated carbocycles. The van der Waals surface area contributed by atoms with Crippen LogP contribution in [-0.4, -0.2) is 52.4 Å². The van der Waals surface area contributed by atoms with Crippen molar-refractivity contribution in [1.29, 1.82) is 5.26 Å². The Morgan fingerprint density at radius 3 is 2.41 bits per heavy atom. The van der Waals surface area contributed by atoms with Crippen LogP contribution in [0, 0.1) is 24.1 Å². The number of thioether (sulfide) groups is 1. The summed E-state index contributed by atoms with van der Waals surface area (Å²) in [5.74, 6) is 0.187. The number of carbonyl (C=O) groups excluding carboxylic acids is 1. The van der Waals surface area contributed by atoms with Gasteiger partial charge in [-0.2, -0.15) is 5.26 Å². The Bertz CT molecular complexity index is 1310. The number of piperazine rings is 1. The number of carbonyl (C=O) groups is 1. The van der Waals surface area contributed by atoms with E-state index in [2.05, 4.69) is 4.90 Å². The van der Waals surface area contributed by atoms with Gasteiger partial charge in [-0.3, -0.25) is 19.1 Å². The molecule has 2 fully saturated rings. The van der Waals surface area contributed by atoms with E-state index in [-0.39, 0.29) is 22.8 Å². The number of nitrogens with zero attached hydrogens (tertiary/aromatic N) is 5. The van der Waals surface area contributed by atoms with Gasteiger partial charge in [-0.15, -0.1) is 0 Å². The first-order valence-electron chi connectivity index (χ1n) is 10.9. The van der Waals surface area contributed by atoms with Crippen molar-refractivity contribution < 1.29 is 9.18 Å². The number of amides is 1. The number of pyridine rings is 1. The molecule has 0 N–H and O–H groups in total. The van der Waals surface area contributed by atoms with Crippen LogP contribution in [-0.2, 0) is 11.8 Å². The van der Waals surface area contributed by atoms with E-state index in [0.717, 1.165) is 0 Å². The third kappa shape index (κ3) is 4.10. The summed E-state index contributed by atoms with van der Waals surface area (Å²) in [4.78, 5) is 31.8. The molecule has 10 heteroatoms. The minimum atomic E-state index is -0.384. The molecule has 2 saturated heterocycles. The summed E-state index contributed by atoms with van der Waals surface area (Å²) in [6.45, 7) is 6.28. The number of halogens is 1. The Morgan fingerprint density at radius 2 is 1.82 bits per heavy atom. The maximum atomic E-state index is 14.3. The Labute approximate surface area is 207 Å². The minimum absolute atomic E-state index is 0.0495. The number of anilines is 2. The fourth-order valence-corrected chi connectivity index (χ4v) is 5.73. The van der Waals surface area contributed by atoms with E-state index < -0.39 is 0 Å². The zero-order valence-electron chi connectivity index (χ0n) is 19.2. The first-order chi connectivity index (χ1) is 16.3. The van der Waals surface area contributed by atoms with Crippen LogP contribution in [0.5, 0.6) is 0 Å². The second kappa shape index (κ2) is 9.60. The van der Waals surface area contributed by atoms with Crippen molar-refractivity contribution in [3.63, 3.8) is 0 Å². The van der Waals surface area contributed by atoms with Gasteiger partial charge in [0.2, 0.25) is 0 Å². The Kier molecular flexibility index (Phi) is 6.77. The second-order valence-corrected chi connectivity index (χ2v) is 9.74. The van der Waals surface area contributed by atoms with E-state index in [9.17, 15) is 19.2 Å². The van der Waals surface area contributed by atoms with Crippen molar-refractivity contribution in [2.24, 2.45) is 7.05 Å². The van der Waals surface area contributed by atoms with Gasteiger partial charge in [0.1, 0.15) is 27.6 Å². The topological polar surface area (TPSA) is 72.6 Å². The molecule has 7 nitrogen and oxygen atoms in total. The molecule has 2 aromatic rings. The zero-order valence-corrected chi connectivity index (χ0v) is 20.8. The molecule has 1 aromatic carbocycles. The van der Waals surface area contributed by atoms with E-state index in [1.807, 2.05) is 24.0 Å². The number of hydrogen-bond acceptors (Lipinski definition) is 7. The van der Waals surface area contributed by atoms with Crippen molar-refractivity contribution in [3.8, 4) is 6.07 Å². The predicted molar refractivity (Wildman–Crippen MR) is 138 cm³/mol. The summed E-state index contributed by atoms with van der Waals surface area (Å²) in [5.41, 5.74) is 1.39. The monoisotopic (exact) mass is 497 g/mol. The third-order valence-corrected chi connectivity index (χ3v) is 7.58. The molecule has 1 amide bonds. The number of thiocarbonyl (C=S) groups is 1. The largest absolute Gasteiger partial charge is 0.366 e. The van der Waals surface area contributed by atoms with Crippen LogP contribution in [0.4, 0.5) is 15.9 Å². The number of likely N-dealkylation sites (N-methyl/N-ethyl adjacent to an activating group) is 1. The molecule has 0 bridgehead atoms. The summed E-state index contributed by atoms with van der Waals surface area (Å²) in [5, 5.41) is 9.63. The molecule has 0 aliphatic carbocycles. The first-order valence-corrected chi connectivity index (χ1v) is 12.1. The van der Waals surface area contributed by atoms with Gasteiger partial charge in [-0.25, -0.2) is 4.39 Å². The molecule has 0 unspecified atom stereocenters. The zero-order chi connectivity index (χ0) is 24.6. The summed E-state index contributed by atoms with van der Waals surface area (Å²) in [7, 11) is 1.63. The van der Waals surface area contributed by atoms with Gasteiger partial charge in [0.15, 0.2) is 0 Å². The smallest absolute Gasteiger partial charge is 0.270 e. The molecular formula is C24H24FN5O2S2. The highest BCUT2D eigenvalue weighted by Crippen LogP contribution is 2.36. The lowest BCUT2D eigenvalue weighted by molar-refractivity contribution is -0.121. The molecule has 0 spiro atoms. The Hall–Kier alpha value is -3.16. The second-order valence-electron chi connectivity index (χ2n) is 8.06. The average molecular weight is 498 g/mol. The van der Waals surface area contributed by atoms with Gasteiger partial charge in [0.05, 0.1) is 10.6 Å². The minimum Gasteiger partial charge on any atom is -0.366 e. The lowest BCUT2D eigenvalue weighted by Crippen LogP contribution is -2.48. The third-order valence-electron chi connectivity index (χ3n) is 6.21. The van der Waals surface area contributed by atoms with Crippen LogP contribution >= 0.6 is 24.0 Å². The van der Waals surface area contributed by atoms with Crippen LogP contribution in [0.1, 0.15) is 23.6 Å². The molecular weight excluding hydrogens is 473 g/mol. The summed E-state index contributed by atoms with van der Waals surface area (Å²) in [6, 6.07) is 8.69. The molecule has 2 aliphatic heterocycles. The number of hydrogen-bond donors (Lipinski definition) is 0. The quantitative estimate of drug-likeness (QED) is 0.474. The molecule has 0 radical (unpaired) electrons. The normalized spacial score (nSPS) is 17.6. The maximum Gasteiger partial charge on any atom is 0.270 e.